The van der Waals surface area contributed by atoms with Crippen LogP contribution in [0.4, 0.5) is 16.2 Å². The quantitative estimate of drug-likeness (QED) is 0.333. The van der Waals surface area contributed by atoms with Crippen molar-refractivity contribution in [2.24, 2.45) is 0 Å². The average Bonchev–Trinajstić information content (AvgIpc) is 2.65. The minimum absolute atomic E-state index is 0.00465. The number of urea groups is 1. The average molecular weight is 490 g/mol. The highest BCUT2D eigenvalue weighted by Gasteiger charge is 2.26. The van der Waals surface area contributed by atoms with Gasteiger partial charge in [0.25, 0.3) is 0 Å². The fourth-order valence-corrected chi connectivity index (χ4v) is 4.50. The van der Waals surface area contributed by atoms with Crippen molar-refractivity contribution in [3.8, 4) is 0 Å². The minimum atomic E-state index is -0.323. The third-order valence-electron chi connectivity index (χ3n) is 4.78. The Balaban J connectivity index is 1.50. The second-order valence-corrected chi connectivity index (χ2v) is 8.79. The highest BCUT2D eigenvalue weighted by molar-refractivity contribution is 6.35. The fraction of sp³-hybridized carbons (Fsp3) is 0.300. The molecule has 3 rings (SSSR count). The molecule has 3 amide bonds. The zero-order valence-electron chi connectivity index (χ0n) is 15.8. The van der Waals surface area contributed by atoms with Gasteiger partial charge >= 0.3 is 6.03 Å². The van der Waals surface area contributed by atoms with E-state index >= 15 is 0 Å². The van der Waals surface area contributed by atoms with Crippen molar-refractivity contribution >= 4 is 70.2 Å². The molecule has 6 nitrogen and oxygen atoms in total. The van der Waals surface area contributed by atoms with Crippen molar-refractivity contribution in [3.63, 3.8) is 0 Å². The number of halogens is 4. The van der Waals surface area contributed by atoms with Crippen LogP contribution in [0.15, 0.2) is 36.4 Å². The van der Waals surface area contributed by atoms with E-state index in [2.05, 4.69) is 16.1 Å². The van der Waals surface area contributed by atoms with Gasteiger partial charge in [0, 0.05) is 31.8 Å². The molecule has 2 aromatic carbocycles. The number of nitrogens with one attached hydrogen (secondary N) is 3. The van der Waals surface area contributed by atoms with Crippen LogP contribution in [0, 0.1) is 0 Å². The summed E-state index contributed by atoms with van der Waals surface area (Å²) in [6.07, 6.45) is 3.68. The summed E-state index contributed by atoms with van der Waals surface area (Å²) in [7, 11) is 0. The number of anilines is 2. The van der Waals surface area contributed by atoms with Crippen LogP contribution in [-0.2, 0) is 4.79 Å². The standard InChI is InChI=1S/C20H20Cl4N4O2/c21-12-5-13(22)8-17(7-12)26-20(30)25-16-1-3-19(4-2-16)28(11-29)27-18-9-14(23)6-15(24)10-18/h5-11,16,19,27H,1-4H2,(H2,25,26,30). The number of hydrazine groups is 1. The number of benzene rings is 2. The maximum absolute atomic E-state index is 12.3. The molecule has 160 valence electrons. The molecular weight excluding hydrogens is 470 g/mol. The van der Waals surface area contributed by atoms with Crippen molar-refractivity contribution < 1.29 is 9.59 Å². The van der Waals surface area contributed by atoms with Crippen LogP contribution in [0.25, 0.3) is 0 Å². The molecule has 0 atom stereocenters. The molecule has 10 heteroatoms. The molecular formula is C20H20Cl4N4O2. The summed E-state index contributed by atoms with van der Waals surface area (Å²) < 4.78 is 0. The number of hydrogen-bond donors (Lipinski definition) is 3. The number of carbonyl (C=O) groups excluding carboxylic acids is 2. The molecule has 0 spiro atoms. The Kier molecular flexibility index (Phi) is 7.94. The highest BCUT2D eigenvalue weighted by Crippen LogP contribution is 2.27. The summed E-state index contributed by atoms with van der Waals surface area (Å²) in [5.74, 6) is 0. The Bertz CT molecular complexity index is 879. The van der Waals surface area contributed by atoms with Crippen molar-refractivity contribution in [1.82, 2.24) is 10.3 Å². The lowest BCUT2D eigenvalue weighted by atomic mass is 9.91. The molecule has 2 aromatic rings. The number of nitrogens with zero attached hydrogens (tertiary/aromatic N) is 1. The van der Waals surface area contributed by atoms with Gasteiger partial charge in [0.15, 0.2) is 0 Å². The van der Waals surface area contributed by atoms with Crippen molar-refractivity contribution in [3.05, 3.63) is 56.5 Å². The largest absolute Gasteiger partial charge is 0.335 e. The summed E-state index contributed by atoms with van der Waals surface area (Å²) >= 11 is 23.9. The number of carbonyl (C=O) groups is 2. The summed E-state index contributed by atoms with van der Waals surface area (Å²) in [4.78, 5) is 23.9. The topological polar surface area (TPSA) is 73.5 Å². The van der Waals surface area contributed by atoms with Gasteiger partial charge in [-0.1, -0.05) is 46.4 Å². The molecule has 1 aliphatic rings. The lowest BCUT2D eigenvalue weighted by Crippen LogP contribution is -2.46. The lowest BCUT2D eigenvalue weighted by molar-refractivity contribution is -0.119. The van der Waals surface area contributed by atoms with Crippen LogP contribution in [-0.4, -0.2) is 29.5 Å². The van der Waals surface area contributed by atoms with E-state index in [0.717, 1.165) is 32.1 Å². The van der Waals surface area contributed by atoms with Crippen LogP contribution in [0.3, 0.4) is 0 Å². The molecule has 0 saturated heterocycles. The summed E-state index contributed by atoms with van der Waals surface area (Å²) in [5.41, 5.74) is 4.21. The van der Waals surface area contributed by atoms with Gasteiger partial charge in [-0.25, -0.2) is 4.79 Å². The maximum Gasteiger partial charge on any atom is 0.319 e. The van der Waals surface area contributed by atoms with Gasteiger partial charge in [-0.15, -0.1) is 0 Å². The van der Waals surface area contributed by atoms with E-state index in [9.17, 15) is 9.59 Å². The highest BCUT2D eigenvalue weighted by atomic mass is 35.5. The second kappa shape index (κ2) is 10.4. The molecule has 3 N–H and O–H groups in total. The normalized spacial score (nSPS) is 18.4. The molecule has 0 bridgehead atoms. The second-order valence-electron chi connectivity index (χ2n) is 7.04. The van der Waals surface area contributed by atoms with E-state index < -0.39 is 0 Å². The van der Waals surface area contributed by atoms with Crippen molar-refractivity contribution in [2.75, 3.05) is 10.7 Å². The van der Waals surface area contributed by atoms with E-state index in [4.69, 9.17) is 46.4 Å². The molecule has 1 fully saturated rings. The van der Waals surface area contributed by atoms with Crippen LogP contribution < -0.4 is 16.1 Å². The third-order valence-corrected chi connectivity index (χ3v) is 5.65. The predicted octanol–water partition coefficient (Wildman–Crippen LogP) is 6.22. The van der Waals surface area contributed by atoms with Gasteiger partial charge in [0.1, 0.15) is 0 Å². The van der Waals surface area contributed by atoms with E-state index in [1.807, 2.05) is 0 Å². The first-order valence-corrected chi connectivity index (χ1v) is 10.8. The first-order valence-electron chi connectivity index (χ1n) is 9.32. The van der Waals surface area contributed by atoms with E-state index in [1.165, 1.54) is 5.01 Å². The minimum Gasteiger partial charge on any atom is -0.335 e. The molecule has 0 heterocycles. The van der Waals surface area contributed by atoms with Gasteiger partial charge in [-0.2, -0.15) is 0 Å². The van der Waals surface area contributed by atoms with Crippen LogP contribution in [0.2, 0.25) is 20.1 Å². The molecule has 0 radical (unpaired) electrons. The zero-order valence-corrected chi connectivity index (χ0v) is 18.8. The third kappa shape index (κ3) is 6.57. The number of hydrogen-bond acceptors (Lipinski definition) is 3. The first kappa shape index (κ1) is 22.8. The molecule has 1 saturated carbocycles. The first-order chi connectivity index (χ1) is 14.3. The summed E-state index contributed by atoms with van der Waals surface area (Å²) in [6.45, 7) is 0. The van der Waals surface area contributed by atoms with Crippen LogP contribution in [0.5, 0.6) is 0 Å². The Morgan fingerprint density at radius 1 is 0.833 bits per heavy atom. The van der Waals surface area contributed by atoms with Gasteiger partial charge in [-0.05, 0) is 62.1 Å². The van der Waals surface area contributed by atoms with E-state index in [1.54, 1.807) is 36.4 Å². The van der Waals surface area contributed by atoms with Crippen molar-refractivity contribution in [2.45, 2.75) is 37.8 Å². The van der Waals surface area contributed by atoms with Crippen LogP contribution >= 0.6 is 46.4 Å². The Hall–Kier alpha value is -1.86. The smallest absolute Gasteiger partial charge is 0.319 e. The van der Waals surface area contributed by atoms with Gasteiger partial charge < -0.3 is 10.6 Å². The molecule has 0 aliphatic heterocycles. The molecule has 0 unspecified atom stereocenters. The van der Waals surface area contributed by atoms with Crippen molar-refractivity contribution in [1.29, 1.82) is 0 Å². The fourth-order valence-electron chi connectivity index (χ4n) is 3.45. The monoisotopic (exact) mass is 488 g/mol. The molecule has 30 heavy (non-hydrogen) atoms. The Morgan fingerprint density at radius 2 is 1.33 bits per heavy atom. The maximum atomic E-state index is 12.3. The van der Waals surface area contributed by atoms with Gasteiger partial charge in [0.05, 0.1) is 11.7 Å². The van der Waals surface area contributed by atoms with Crippen LogP contribution in [0.1, 0.15) is 25.7 Å². The van der Waals surface area contributed by atoms with E-state index in [-0.39, 0.29) is 18.1 Å². The Morgan fingerprint density at radius 3 is 1.83 bits per heavy atom. The summed E-state index contributed by atoms with van der Waals surface area (Å²) in [5, 5.41) is 9.06. The number of amides is 3. The van der Waals surface area contributed by atoms with E-state index in [0.29, 0.717) is 31.5 Å². The Labute approximate surface area is 194 Å². The predicted molar refractivity (Wildman–Crippen MR) is 123 cm³/mol. The summed E-state index contributed by atoms with van der Waals surface area (Å²) in [6, 6.07) is 9.54. The molecule has 1 aliphatic carbocycles. The number of rotatable bonds is 6. The lowest BCUT2D eigenvalue weighted by Gasteiger charge is -2.35. The van der Waals surface area contributed by atoms with Gasteiger partial charge in [0.2, 0.25) is 6.41 Å². The molecule has 0 aromatic heterocycles. The van der Waals surface area contributed by atoms with Gasteiger partial charge in [-0.3, -0.25) is 15.2 Å². The zero-order chi connectivity index (χ0) is 21.7. The SMILES string of the molecule is O=CN(Nc1cc(Cl)cc(Cl)c1)C1CCC(NC(=O)Nc2cc(Cl)cc(Cl)c2)CC1.